The third-order valence-corrected chi connectivity index (χ3v) is 4.47. The number of piperidine rings is 1. The van der Waals surface area contributed by atoms with Gasteiger partial charge in [0.1, 0.15) is 0 Å². The highest BCUT2D eigenvalue weighted by Crippen LogP contribution is 2.18. The maximum Gasteiger partial charge on any atom is 0.191 e. The maximum absolute atomic E-state index is 4.34. The summed E-state index contributed by atoms with van der Waals surface area (Å²) in [6.45, 7) is 10.3. The second-order valence-electron chi connectivity index (χ2n) is 7.05. The Bertz CT molecular complexity index is 293. The van der Waals surface area contributed by atoms with Crippen LogP contribution in [0.25, 0.3) is 0 Å². The van der Waals surface area contributed by atoms with Crippen molar-refractivity contribution in [3.63, 3.8) is 0 Å². The molecule has 4 heteroatoms. The lowest BCUT2D eigenvalue weighted by Gasteiger charge is -2.29. The van der Waals surface area contributed by atoms with E-state index in [9.17, 15) is 0 Å². The monoisotopic (exact) mass is 296 g/mol. The van der Waals surface area contributed by atoms with Gasteiger partial charge < -0.3 is 15.5 Å². The van der Waals surface area contributed by atoms with Gasteiger partial charge in [0.15, 0.2) is 5.96 Å². The molecule has 1 atom stereocenters. The molecule has 1 heterocycles. The van der Waals surface area contributed by atoms with E-state index in [2.05, 4.69) is 48.3 Å². The summed E-state index contributed by atoms with van der Waals surface area (Å²) in [6, 6.07) is 0.488. The molecule has 1 fully saturated rings. The minimum atomic E-state index is 0.488. The molecule has 0 bridgehead atoms. The molecule has 21 heavy (non-hydrogen) atoms. The highest BCUT2D eigenvalue weighted by molar-refractivity contribution is 5.79. The summed E-state index contributed by atoms with van der Waals surface area (Å²) in [5, 5.41) is 6.97. The first-order valence-corrected chi connectivity index (χ1v) is 8.67. The summed E-state index contributed by atoms with van der Waals surface area (Å²) in [7, 11) is 4.08. The molecule has 1 unspecified atom stereocenters. The predicted octanol–water partition coefficient (Wildman–Crippen LogP) is 2.71. The highest BCUT2D eigenvalue weighted by Gasteiger charge is 2.16. The standard InChI is InChI=1S/C17H36N4/c1-14(2)6-7-15(3)20-17(18-4)19-11-8-16-9-12-21(5)13-10-16/h14-16H,6-13H2,1-5H3,(H2,18,19,20). The fourth-order valence-electron chi connectivity index (χ4n) is 2.83. The molecule has 0 spiro atoms. The van der Waals surface area contributed by atoms with Gasteiger partial charge in [-0.2, -0.15) is 0 Å². The first-order chi connectivity index (χ1) is 10.0. The average molecular weight is 297 g/mol. The Balaban J connectivity index is 2.16. The van der Waals surface area contributed by atoms with Crippen LogP contribution in [0.3, 0.4) is 0 Å². The van der Waals surface area contributed by atoms with Crippen molar-refractivity contribution in [2.24, 2.45) is 16.8 Å². The van der Waals surface area contributed by atoms with Gasteiger partial charge in [0, 0.05) is 19.6 Å². The number of nitrogens with one attached hydrogen (secondary N) is 2. The van der Waals surface area contributed by atoms with Gasteiger partial charge in [0.05, 0.1) is 0 Å². The number of likely N-dealkylation sites (tertiary alicyclic amines) is 1. The van der Waals surface area contributed by atoms with E-state index < -0.39 is 0 Å². The van der Waals surface area contributed by atoms with Gasteiger partial charge in [-0.15, -0.1) is 0 Å². The Morgan fingerprint density at radius 2 is 1.86 bits per heavy atom. The zero-order chi connectivity index (χ0) is 15.7. The molecule has 0 aromatic carbocycles. The Morgan fingerprint density at radius 3 is 2.43 bits per heavy atom. The maximum atomic E-state index is 4.34. The van der Waals surface area contributed by atoms with Crippen LogP contribution in [0, 0.1) is 11.8 Å². The summed E-state index contributed by atoms with van der Waals surface area (Å²) >= 11 is 0. The minimum Gasteiger partial charge on any atom is -0.356 e. The van der Waals surface area contributed by atoms with Crippen molar-refractivity contribution in [3.8, 4) is 0 Å². The smallest absolute Gasteiger partial charge is 0.191 e. The molecule has 0 aliphatic carbocycles. The largest absolute Gasteiger partial charge is 0.356 e. The van der Waals surface area contributed by atoms with E-state index in [0.29, 0.717) is 6.04 Å². The zero-order valence-electron chi connectivity index (χ0n) is 14.8. The van der Waals surface area contributed by atoms with E-state index in [1.807, 2.05) is 7.05 Å². The highest BCUT2D eigenvalue weighted by atomic mass is 15.2. The van der Waals surface area contributed by atoms with E-state index in [-0.39, 0.29) is 0 Å². The number of guanidine groups is 1. The first kappa shape index (κ1) is 18.3. The molecule has 4 nitrogen and oxygen atoms in total. The molecule has 1 saturated heterocycles. The number of hydrogen-bond donors (Lipinski definition) is 2. The third-order valence-electron chi connectivity index (χ3n) is 4.47. The van der Waals surface area contributed by atoms with E-state index in [4.69, 9.17) is 0 Å². The predicted molar refractivity (Wildman–Crippen MR) is 92.9 cm³/mol. The second kappa shape index (κ2) is 10.0. The Morgan fingerprint density at radius 1 is 1.19 bits per heavy atom. The van der Waals surface area contributed by atoms with Crippen LogP contribution in [-0.2, 0) is 0 Å². The number of rotatable bonds is 7. The number of aliphatic imine (C=N–C) groups is 1. The minimum absolute atomic E-state index is 0.488. The van der Waals surface area contributed by atoms with Crippen molar-refractivity contribution in [1.82, 2.24) is 15.5 Å². The van der Waals surface area contributed by atoms with E-state index in [1.54, 1.807) is 0 Å². The van der Waals surface area contributed by atoms with Gasteiger partial charge in [-0.25, -0.2) is 0 Å². The summed E-state index contributed by atoms with van der Waals surface area (Å²) in [4.78, 5) is 6.77. The molecule has 0 aromatic rings. The molecule has 124 valence electrons. The number of hydrogen-bond acceptors (Lipinski definition) is 2. The van der Waals surface area contributed by atoms with Crippen LogP contribution >= 0.6 is 0 Å². The SMILES string of the molecule is CN=C(NCCC1CCN(C)CC1)NC(C)CCC(C)C. The lowest BCUT2D eigenvalue weighted by molar-refractivity contribution is 0.213. The topological polar surface area (TPSA) is 39.7 Å². The van der Waals surface area contributed by atoms with Crippen LogP contribution < -0.4 is 10.6 Å². The van der Waals surface area contributed by atoms with Crippen molar-refractivity contribution >= 4 is 5.96 Å². The van der Waals surface area contributed by atoms with Crippen LogP contribution in [-0.4, -0.2) is 50.6 Å². The van der Waals surface area contributed by atoms with Crippen molar-refractivity contribution in [1.29, 1.82) is 0 Å². The van der Waals surface area contributed by atoms with Crippen LogP contribution in [0.5, 0.6) is 0 Å². The Hall–Kier alpha value is -0.770. The summed E-state index contributed by atoms with van der Waals surface area (Å²) < 4.78 is 0. The quantitative estimate of drug-likeness (QED) is 0.560. The van der Waals surface area contributed by atoms with Crippen LogP contribution in [0.1, 0.15) is 52.9 Å². The molecular weight excluding hydrogens is 260 g/mol. The zero-order valence-corrected chi connectivity index (χ0v) is 14.8. The fraction of sp³-hybridized carbons (Fsp3) is 0.941. The van der Waals surface area contributed by atoms with E-state index in [1.165, 1.54) is 45.2 Å². The second-order valence-corrected chi connectivity index (χ2v) is 7.05. The first-order valence-electron chi connectivity index (χ1n) is 8.67. The molecule has 0 amide bonds. The Labute approximate surface area is 131 Å². The van der Waals surface area contributed by atoms with Gasteiger partial charge in [0.25, 0.3) is 0 Å². The van der Waals surface area contributed by atoms with Gasteiger partial charge in [-0.1, -0.05) is 13.8 Å². The average Bonchev–Trinajstić information content (AvgIpc) is 2.46. The molecule has 2 N–H and O–H groups in total. The van der Waals surface area contributed by atoms with Crippen molar-refractivity contribution in [2.75, 3.05) is 33.7 Å². The fourth-order valence-corrected chi connectivity index (χ4v) is 2.83. The molecule has 1 rings (SSSR count). The molecule has 1 aliphatic rings. The van der Waals surface area contributed by atoms with E-state index in [0.717, 1.165) is 24.3 Å². The van der Waals surface area contributed by atoms with Gasteiger partial charge in [0.2, 0.25) is 0 Å². The lowest BCUT2D eigenvalue weighted by Crippen LogP contribution is -2.43. The molecule has 0 saturated carbocycles. The molecule has 0 aromatic heterocycles. The molecule has 0 radical (unpaired) electrons. The van der Waals surface area contributed by atoms with Crippen LogP contribution in [0.15, 0.2) is 4.99 Å². The van der Waals surface area contributed by atoms with Crippen LogP contribution in [0.4, 0.5) is 0 Å². The number of nitrogens with zero attached hydrogens (tertiary/aromatic N) is 2. The summed E-state index contributed by atoms with van der Waals surface area (Å²) in [5.74, 6) is 2.61. The van der Waals surface area contributed by atoms with Crippen molar-refractivity contribution < 1.29 is 0 Å². The van der Waals surface area contributed by atoms with Crippen molar-refractivity contribution in [3.05, 3.63) is 0 Å². The Kier molecular flexibility index (Phi) is 8.74. The van der Waals surface area contributed by atoms with E-state index >= 15 is 0 Å². The van der Waals surface area contributed by atoms with Gasteiger partial charge in [-0.3, -0.25) is 4.99 Å². The lowest BCUT2D eigenvalue weighted by atomic mass is 9.94. The van der Waals surface area contributed by atoms with Crippen molar-refractivity contribution in [2.45, 2.75) is 58.9 Å². The molecular formula is C17H36N4. The third kappa shape index (κ3) is 8.30. The normalized spacial score (nSPS) is 19.8. The van der Waals surface area contributed by atoms with Gasteiger partial charge in [-0.05, 0) is 71.0 Å². The molecule has 1 aliphatic heterocycles. The van der Waals surface area contributed by atoms with Crippen LogP contribution in [0.2, 0.25) is 0 Å². The summed E-state index contributed by atoms with van der Waals surface area (Å²) in [5.41, 5.74) is 0. The van der Waals surface area contributed by atoms with Gasteiger partial charge >= 0.3 is 0 Å². The summed E-state index contributed by atoms with van der Waals surface area (Å²) in [6.07, 6.45) is 6.41.